The van der Waals surface area contributed by atoms with E-state index in [1.165, 1.54) is 6.92 Å². The molecule has 2 atom stereocenters. The van der Waals surface area contributed by atoms with Gasteiger partial charge in [-0.2, -0.15) is 4.91 Å². The van der Waals surface area contributed by atoms with Crippen LogP contribution in [-0.4, -0.2) is 49.4 Å². The summed E-state index contributed by atoms with van der Waals surface area (Å²) in [6, 6.07) is 15.1. The molecule has 0 radical (unpaired) electrons. The Hall–Kier alpha value is -3.74. The standard InChI is InChI=1S/C27H32N4O3/c1-19-7-4-5-9-24(19)25(17-26(30-34)23-8-6-16-31(3)18-23)21-10-12-22(13-11-21)27(33)29-15-14-28-20(2)32/h4-13,18,25-26H,14-17H2,1-3H3,(H,28,32)(H,29,33). The highest BCUT2D eigenvalue weighted by molar-refractivity contribution is 5.94. The van der Waals surface area contributed by atoms with Gasteiger partial charge in [0.1, 0.15) is 6.04 Å². The van der Waals surface area contributed by atoms with Crippen LogP contribution < -0.4 is 10.6 Å². The summed E-state index contributed by atoms with van der Waals surface area (Å²) >= 11 is 0. The quantitative estimate of drug-likeness (QED) is 0.416. The summed E-state index contributed by atoms with van der Waals surface area (Å²) in [5.74, 6) is -0.380. The number of benzene rings is 2. The van der Waals surface area contributed by atoms with E-state index in [9.17, 15) is 14.5 Å². The smallest absolute Gasteiger partial charge is 0.251 e. The Morgan fingerprint density at radius 3 is 2.41 bits per heavy atom. The number of likely N-dealkylation sites (N-methyl/N-ethyl adjacent to an activating group) is 1. The van der Waals surface area contributed by atoms with E-state index in [1.54, 1.807) is 12.1 Å². The summed E-state index contributed by atoms with van der Waals surface area (Å²) < 4.78 is 0. The zero-order valence-corrected chi connectivity index (χ0v) is 20.0. The van der Waals surface area contributed by atoms with Gasteiger partial charge < -0.3 is 15.5 Å². The molecule has 2 aromatic rings. The molecule has 0 saturated heterocycles. The molecular weight excluding hydrogens is 428 g/mol. The van der Waals surface area contributed by atoms with Crippen LogP contribution in [0.1, 0.15) is 46.3 Å². The van der Waals surface area contributed by atoms with Gasteiger partial charge in [0, 0.05) is 51.3 Å². The first kappa shape index (κ1) is 24.9. The van der Waals surface area contributed by atoms with Crippen molar-refractivity contribution in [1.82, 2.24) is 15.5 Å². The molecule has 1 heterocycles. The molecule has 7 heteroatoms. The Morgan fingerprint density at radius 1 is 1.06 bits per heavy atom. The molecule has 0 aliphatic carbocycles. The predicted molar refractivity (Wildman–Crippen MR) is 135 cm³/mol. The first-order valence-electron chi connectivity index (χ1n) is 11.5. The Bertz CT molecular complexity index is 1080. The maximum absolute atomic E-state index is 12.5. The van der Waals surface area contributed by atoms with Gasteiger partial charge in [0.2, 0.25) is 5.91 Å². The van der Waals surface area contributed by atoms with Gasteiger partial charge >= 0.3 is 0 Å². The maximum atomic E-state index is 12.5. The van der Waals surface area contributed by atoms with Crippen LogP contribution in [-0.2, 0) is 4.79 Å². The van der Waals surface area contributed by atoms with Crippen LogP contribution in [0.2, 0.25) is 0 Å². The van der Waals surface area contributed by atoms with E-state index in [1.807, 2.05) is 54.6 Å². The van der Waals surface area contributed by atoms with E-state index in [2.05, 4.69) is 34.9 Å². The Kier molecular flexibility index (Phi) is 8.73. The van der Waals surface area contributed by atoms with Gasteiger partial charge in [0.15, 0.2) is 0 Å². The number of nitroso groups, excluding NO2 is 1. The van der Waals surface area contributed by atoms with E-state index in [0.29, 0.717) is 25.1 Å². The predicted octanol–water partition coefficient (Wildman–Crippen LogP) is 3.90. The van der Waals surface area contributed by atoms with Crippen LogP contribution in [0.4, 0.5) is 0 Å². The molecule has 2 aromatic carbocycles. The van der Waals surface area contributed by atoms with Crippen molar-refractivity contribution in [2.24, 2.45) is 5.18 Å². The highest BCUT2D eigenvalue weighted by Crippen LogP contribution is 2.34. The summed E-state index contributed by atoms with van der Waals surface area (Å²) in [7, 11) is 1.98. The summed E-state index contributed by atoms with van der Waals surface area (Å²) in [6.45, 7) is 5.06. The van der Waals surface area contributed by atoms with E-state index < -0.39 is 6.04 Å². The lowest BCUT2D eigenvalue weighted by Gasteiger charge is -2.25. The van der Waals surface area contributed by atoms with Gasteiger partial charge in [0.05, 0.1) is 0 Å². The monoisotopic (exact) mass is 460 g/mol. The van der Waals surface area contributed by atoms with Crippen LogP contribution in [0.5, 0.6) is 0 Å². The SMILES string of the molecule is CC(=O)NCCNC(=O)c1ccc(C(CC(N=O)C2=CN(C)CC=C2)c2ccccc2C)cc1. The first-order chi connectivity index (χ1) is 16.4. The molecule has 7 nitrogen and oxygen atoms in total. The fourth-order valence-corrected chi connectivity index (χ4v) is 4.17. The number of rotatable bonds is 10. The lowest BCUT2D eigenvalue weighted by molar-refractivity contribution is -0.118. The van der Waals surface area contributed by atoms with Crippen molar-refractivity contribution in [1.29, 1.82) is 0 Å². The normalized spacial score (nSPS) is 14.7. The number of hydrogen-bond acceptors (Lipinski definition) is 5. The van der Waals surface area contributed by atoms with Gasteiger partial charge in [-0.1, -0.05) is 53.7 Å². The zero-order valence-electron chi connectivity index (χ0n) is 20.0. The van der Waals surface area contributed by atoms with Crippen molar-refractivity contribution in [2.75, 3.05) is 26.7 Å². The van der Waals surface area contributed by atoms with Crippen LogP contribution in [0.15, 0.2) is 77.6 Å². The van der Waals surface area contributed by atoms with Crippen LogP contribution >= 0.6 is 0 Å². The number of carbonyl (C=O) groups excluding carboxylic acids is 2. The molecule has 178 valence electrons. The summed E-state index contributed by atoms with van der Waals surface area (Å²) in [6.07, 6.45) is 6.53. The van der Waals surface area contributed by atoms with E-state index in [4.69, 9.17) is 0 Å². The minimum atomic E-state index is -0.486. The maximum Gasteiger partial charge on any atom is 0.251 e. The van der Waals surface area contributed by atoms with Gasteiger partial charge in [-0.25, -0.2) is 0 Å². The number of aryl methyl sites for hydroxylation is 1. The molecule has 1 aliphatic heterocycles. The van der Waals surface area contributed by atoms with Crippen molar-refractivity contribution in [3.05, 3.63) is 99.6 Å². The second kappa shape index (κ2) is 11.9. The average molecular weight is 461 g/mol. The van der Waals surface area contributed by atoms with Crippen LogP contribution in [0.25, 0.3) is 0 Å². The van der Waals surface area contributed by atoms with Crippen LogP contribution in [0, 0.1) is 11.8 Å². The minimum absolute atomic E-state index is 0.0534. The van der Waals surface area contributed by atoms with E-state index >= 15 is 0 Å². The van der Waals surface area contributed by atoms with Crippen molar-refractivity contribution in [2.45, 2.75) is 32.2 Å². The molecule has 0 aromatic heterocycles. The van der Waals surface area contributed by atoms with E-state index in [-0.39, 0.29) is 17.7 Å². The molecule has 3 rings (SSSR count). The van der Waals surface area contributed by atoms with Crippen molar-refractivity contribution in [3.8, 4) is 0 Å². The first-order valence-corrected chi connectivity index (χ1v) is 11.5. The molecule has 2 N–H and O–H groups in total. The highest BCUT2D eigenvalue weighted by Gasteiger charge is 2.25. The van der Waals surface area contributed by atoms with Crippen molar-refractivity contribution in [3.63, 3.8) is 0 Å². The Labute approximate surface area is 200 Å². The van der Waals surface area contributed by atoms with Crippen LogP contribution in [0.3, 0.4) is 0 Å². The zero-order chi connectivity index (χ0) is 24.5. The third-order valence-corrected chi connectivity index (χ3v) is 5.97. The second-order valence-electron chi connectivity index (χ2n) is 8.60. The van der Waals surface area contributed by atoms with Gasteiger partial charge in [-0.3, -0.25) is 9.59 Å². The minimum Gasteiger partial charge on any atom is -0.376 e. The second-order valence-corrected chi connectivity index (χ2v) is 8.60. The summed E-state index contributed by atoms with van der Waals surface area (Å²) in [4.78, 5) is 37.3. The lowest BCUT2D eigenvalue weighted by atomic mass is 9.82. The molecule has 0 fully saturated rings. The number of carbonyl (C=O) groups is 2. The molecule has 34 heavy (non-hydrogen) atoms. The highest BCUT2D eigenvalue weighted by atomic mass is 16.3. The largest absolute Gasteiger partial charge is 0.376 e. The third kappa shape index (κ3) is 6.63. The number of nitrogens with zero attached hydrogens (tertiary/aromatic N) is 2. The molecule has 0 bridgehead atoms. The molecule has 2 amide bonds. The summed E-state index contributed by atoms with van der Waals surface area (Å²) in [5.41, 5.74) is 4.74. The van der Waals surface area contributed by atoms with E-state index in [0.717, 1.165) is 28.8 Å². The Morgan fingerprint density at radius 2 is 1.76 bits per heavy atom. The molecule has 0 spiro atoms. The van der Waals surface area contributed by atoms with Crippen molar-refractivity contribution < 1.29 is 9.59 Å². The molecule has 2 unspecified atom stereocenters. The molecule has 1 aliphatic rings. The average Bonchev–Trinajstić information content (AvgIpc) is 2.83. The topological polar surface area (TPSA) is 90.9 Å². The number of hydrogen-bond donors (Lipinski definition) is 2. The fraction of sp³-hybridized carbons (Fsp3) is 0.333. The third-order valence-electron chi connectivity index (χ3n) is 5.97. The molecular formula is C27H32N4O3. The Balaban J connectivity index is 1.82. The van der Waals surface area contributed by atoms with Gasteiger partial charge in [-0.05, 0) is 47.7 Å². The fourth-order valence-electron chi connectivity index (χ4n) is 4.17. The molecule has 0 saturated carbocycles. The number of nitrogens with one attached hydrogen (secondary N) is 2. The van der Waals surface area contributed by atoms with Gasteiger partial charge in [-0.15, -0.1) is 0 Å². The lowest BCUT2D eigenvalue weighted by Crippen LogP contribution is -2.33. The van der Waals surface area contributed by atoms with Gasteiger partial charge in [0.25, 0.3) is 5.91 Å². The summed E-state index contributed by atoms with van der Waals surface area (Å²) in [5, 5.41) is 8.93. The van der Waals surface area contributed by atoms with Crippen molar-refractivity contribution >= 4 is 11.8 Å². The number of amides is 2.